The van der Waals surface area contributed by atoms with Gasteiger partial charge in [0.1, 0.15) is 11.6 Å². The van der Waals surface area contributed by atoms with E-state index in [0.29, 0.717) is 11.3 Å². The highest BCUT2D eigenvalue weighted by molar-refractivity contribution is 8.93. The maximum Gasteiger partial charge on any atom is 0.201 e. The highest BCUT2D eigenvalue weighted by Crippen LogP contribution is 1.93. The van der Waals surface area contributed by atoms with Crippen LogP contribution in [0.5, 0.6) is 0 Å². The molecule has 0 aromatic carbocycles. The van der Waals surface area contributed by atoms with Gasteiger partial charge in [-0.25, -0.2) is 4.68 Å². The molecule has 0 aliphatic rings. The van der Waals surface area contributed by atoms with Crippen molar-refractivity contribution in [1.82, 2.24) is 9.78 Å². The minimum Gasteiger partial charge on any atom is -0.274 e. The van der Waals surface area contributed by atoms with Gasteiger partial charge in [0, 0.05) is 0 Å². The molecule has 0 unspecified atom stereocenters. The Bertz CT molecular complexity index is 319. The van der Waals surface area contributed by atoms with E-state index in [1.165, 1.54) is 16.0 Å². The number of halogens is 1. The van der Waals surface area contributed by atoms with Crippen LogP contribution in [0.3, 0.4) is 0 Å². The van der Waals surface area contributed by atoms with E-state index >= 15 is 0 Å². The van der Waals surface area contributed by atoms with Crippen molar-refractivity contribution in [3.05, 3.63) is 9.81 Å². The van der Waals surface area contributed by atoms with Gasteiger partial charge in [-0.15, -0.1) is 23.4 Å². The number of nitrogens with zero attached hydrogens (tertiary/aromatic N) is 2. The van der Waals surface area contributed by atoms with Gasteiger partial charge >= 0.3 is 0 Å². The lowest BCUT2D eigenvalue weighted by atomic mass is 10.7. The lowest BCUT2D eigenvalue weighted by Gasteiger charge is -1.88. The number of hydrogen-bond donors (Lipinski definition) is 1. The molecule has 1 aromatic heterocycles. The fraction of sp³-hybridized carbons (Fsp3) is 0.333. The topological polar surface area (TPSA) is 41.7 Å². The fourth-order valence-electron chi connectivity index (χ4n) is 0.622. The average molecular weight is 234 g/mol. The number of nitrogens with one attached hydrogen (secondary N) is 1. The molecule has 5 heteroatoms. The maximum absolute atomic E-state index is 7.32. The third-order valence-corrected chi connectivity index (χ3v) is 1.76. The Hall–Kier alpha value is -0.600. The summed E-state index contributed by atoms with van der Waals surface area (Å²) in [4.78, 5) is 0.412. The first-order valence-corrected chi connectivity index (χ1v) is 3.58. The van der Waals surface area contributed by atoms with Crippen LogP contribution in [0.25, 0.3) is 0 Å². The summed E-state index contributed by atoms with van der Waals surface area (Å²) in [6.45, 7) is 2.25. The predicted molar refractivity (Wildman–Crippen MR) is 49.9 cm³/mol. The molecule has 0 fully saturated rings. The van der Waals surface area contributed by atoms with Crippen molar-refractivity contribution in [2.45, 2.75) is 13.5 Å². The van der Waals surface area contributed by atoms with Gasteiger partial charge in [-0.3, -0.25) is 5.41 Å². The fourth-order valence-corrected chi connectivity index (χ4v) is 1.25. The second-order valence-corrected chi connectivity index (χ2v) is 2.97. The normalized spacial score (nSPS) is 8.36. The number of aromatic nitrogens is 2. The zero-order valence-corrected chi connectivity index (χ0v) is 8.52. The van der Waals surface area contributed by atoms with Crippen LogP contribution in [-0.2, 0) is 6.54 Å². The number of aryl methyl sites for hydroxylation is 1. The molecule has 0 aliphatic heterocycles. The summed E-state index contributed by atoms with van der Waals surface area (Å²) < 4.78 is 1.50. The summed E-state index contributed by atoms with van der Waals surface area (Å²) in [6.07, 6.45) is 5.05. The first kappa shape index (κ1) is 10.4. The Labute approximate surface area is 79.3 Å². The molecule has 1 aromatic rings. The van der Waals surface area contributed by atoms with Crippen LogP contribution in [0, 0.1) is 24.7 Å². The summed E-state index contributed by atoms with van der Waals surface area (Å²) in [6, 6.07) is 0. The minimum atomic E-state index is 0. The number of hydrogen-bond acceptors (Lipinski definition) is 3. The van der Waals surface area contributed by atoms with E-state index in [1.807, 2.05) is 6.92 Å². The molecule has 0 aliphatic carbocycles. The van der Waals surface area contributed by atoms with Gasteiger partial charge in [0.15, 0.2) is 0 Å². The second kappa shape index (κ2) is 4.31. The van der Waals surface area contributed by atoms with Crippen LogP contribution >= 0.6 is 28.3 Å². The minimum absolute atomic E-state index is 0. The maximum atomic E-state index is 7.32. The first-order chi connectivity index (χ1) is 4.74. The molecular formula is C6H8BrN3S. The Morgan fingerprint density at radius 1 is 1.82 bits per heavy atom. The molecule has 0 saturated carbocycles. The van der Waals surface area contributed by atoms with E-state index in [4.69, 9.17) is 11.8 Å². The van der Waals surface area contributed by atoms with E-state index in [-0.39, 0.29) is 17.0 Å². The third kappa shape index (κ3) is 2.48. The van der Waals surface area contributed by atoms with E-state index < -0.39 is 0 Å². The Morgan fingerprint density at radius 3 is 2.82 bits per heavy atom. The standard InChI is InChI=1S/C6H7N3S.BrH/c1-3-4-9-6(7)10-5(2)8-9;/h1,7H,4H2,2H3;1H. The van der Waals surface area contributed by atoms with Crippen molar-refractivity contribution >= 4 is 28.3 Å². The monoisotopic (exact) mass is 233 g/mol. The van der Waals surface area contributed by atoms with Crippen LogP contribution in [-0.4, -0.2) is 9.78 Å². The summed E-state index contributed by atoms with van der Waals surface area (Å²) in [5, 5.41) is 12.2. The van der Waals surface area contributed by atoms with Crippen LogP contribution in [0.15, 0.2) is 0 Å². The van der Waals surface area contributed by atoms with E-state index in [9.17, 15) is 0 Å². The highest BCUT2D eigenvalue weighted by atomic mass is 79.9. The zero-order valence-electron chi connectivity index (χ0n) is 6.00. The van der Waals surface area contributed by atoms with E-state index in [2.05, 4.69) is 11.0 Å². The van der Waals surface area contributed by atoms with Crippen molar-refractivity contribution in [1.29, 1.82) is 5.41 Å². The van der Waals surface area contributed by atoms with Crippen LogP contribution in [0.2, 0.25) is 0 Å². The molecular weight excluding hydrogens is 226 g/mol. The SMILES string of the molecule is Br.C#CCn1nc(C)sc1=N. The molecule has 0 radical (unpaired) electrons. The molecule has 1 N–H and O–H groups in total. The van der Waals surface area contributed by atoms with Crippen LogP contribution < -0.4 is 4.80 Å². The van der Waals surface area contributed by atoms with E-state index in [0.717, 1.165) is 5.01 Å². The predicted octanol–water partition coefficient (Wildman–Crippen LogP) is 0.944. The lowest BCUT2D eigenvalue weighted by molar-refractivity contribution is 0.667. The molecule has 11 heavy (non-hydrogen) atoms. The molecule has 60 valence electrons. The van der Waals surface area contributed by atoms with Crippen LogP contribution in [0.1, 0.15) is 5.01 Å². The van der Waals surface area contributed by atoms with Crippen molar-refractivity contribution in [3.63, 3.8) is 0 Å². The van der Waals surface area contributed by atoms with E-state index in [1.54, 1.807) is 0 Å². The third-order valence-electron chi connectivity index (χ3n) is 0.981. The molecule has 1 heterocycles. The van der Waals surface area contributed by atoms with Gasteiger partial charge < -0.3 is 0 Å². The Kier molecular flexibility index (Phi) is 4.08. The quantitative estimate of drug-likeness (QED) is 0.722. The summed E-state index contributed by atoms with van der Waals surface area (Å²) in [5.74, 6) is 2.43. The van der Waals surface area contributed by atoms with Gasteiger partial charge in [-0.05, 0) is 6.92 Å². The Balaban J connectivity index is 0.000001000. The largest absolute Gasteiger partial charge is 0.274 e. The first-order valence-electron chi connectivity index (χ1n) is 2.76. The van der Waals surface area contributed by atoms with Gasteiger partial charge in [0.25, 0.3) is 0 Å². The molecule has 0 spiro atoms. The molecule has 0 amide bonds. The summed E-state index contributed by atoms with van der Waals surface area (Å²) >= 11 is 1.33. The number of rotatable bonds is 1. The van der Waals surface area contributed by atoms with Gasteiger partial charge in [-0.2, -0.15) is 5.10 Å². The summed E-state index contributed by atoms with van der Waals surface area (Å²) in [5.41, 5.74) is 0. The number of terminal acetylenes is 1. The molecule has 3 nitrogen and oxygen atoms in total. The molecule has 1 rings (SSSR count). The van der Waals surface area contributed by atoms with Gasteiger partial charge in [0.05, 0.1) is 0 Å². The molecule has 0 bridgehead atoms. The Morgan fingerprint density at radius 2 is 2.45 bits per heavy atom. The van der Waals surface area contributed by atoms with Crippen molar-refractivity contribution in [2.24, 2.45) is 0 Å². The molecule has 0 atom stereocenters. The average Bonchev–Trinajstić information content (AvgIpc) is 2.13. The van der Waals surface area contributed by atoms with Gasteiger partial charge in [-0.1, -0.05) is 17.3 Å². The van der Waals surface area contributed by atoms with Crippen LogP contribution in [0.4, 0.5) is 0 Å². The zero-order chi connectivity index (χ0) is 7.56. The van der Waals surface area contributed by atoms with Crippen molar-refractivity contribution in [2.75, 3.05) is 0 Å². The smallest absolute Gasteiger partial charge is 0.201 e. The summed E-state index contributed by atoms with van der Waals surface area (Å²) in [7, 11) is 0. The second-order valence-electron chi connectivity index (χ2n) is 1.79. The van der Waals surface area contributed by atoms with Gasteiger partial charge in [0.2, 0.25) is 4.80 Å². The molecule has 0 saturated heterocycles. The highest BCUT2D eigenvalue weighted by Gasteiger charge is 1.95. The van der Waals surface area contributed by atoms with Crippen molar-refractivity contribution < 1.29 is 0 Å². The lowest BCUT2D eigenvalue weighted by Crippen LogP contribution is -2.13. The van der Waals surface area contributed by atoms with Crippen molar-refractivity contribution in [3.8, 4) is 12.3 Å².